The van der Waals surface area contributed by atoms with Crippen LogP contribution in [0.25, 0.3) is 31.8 Å². The summed E-state index contributed by atoms with van der Waals surface area (Å²) in [7, 11) is -3.83. The highest BCUT2D eigenvalue weighted by Gasteiger charge is 2.16. The normalized spacial score (nSPS) is 11.7. The molecular formula is C22H14N2O4S2. The van der Waals surface area contributed by atoms with Gasteiger partial charge in [-0.1, -0.05) is 24.3 Å². The van der Waals surface area contributed by atoms with Crippen molar-refractivity contribution in [2.45, 2.75) is 4.90 Å². The largest absolute Gasteiger partial charge is 0.423 e. The number of aromatic nitrogens is 1. The number of fused-ring (bicyclic) bond motifs is 2. The molecule has 1 N–H and O–H groups in total. The van der Waals surface area contributed by atoms with Gasteiger partial charge in [0.1, 0.15) is 10.6 Å². The number of anilines is 1. The standard InChI is InChI=1S/C22H14N2O4S2/c25-21-11-8-14-13-17(9-10-19(14)28-21)30(26,27)24-16-5-3-4-15(12-16)22-23-18-6-1-2-7-20(18)29-22/h1-13,24H. The van der Waals surface area contributed by atoms with Gasteiger partial charge in [0.2, 0.25) is 0 Å². The minimum absolute atomic E-state index is 0.0780. The van der Waals surface area contributed by atoms with Gasteiger partial charge in [0.15, 0.2) is 0 Å². The average molecular weight is 434 g/mol. The summed E-state index contributed by atoms with van der Waals surface area (Å²) in [4.78, 5) is 16.0. The summed E-state index contributed by atoms with van der Waals surface area (Å²) in [6.07, 6.45) is 0. The fourth-order valence-corrected chi connectivity index (χ4v) is 5.19. The van der Waals surface area contributed by atoms with Crippen molar-refractivity contribution in [2.24, 2.45) is 0 Å². The summed E-state index contributed by atoms with van der Waals surface area (Å²) < 4.78 is 34.5. The van der Waals surface area contributed by atoms with E-state index in [0.717, 1.165) is 20.8 Å². The van der Waals surface area contributed by atoms with Gasteiger partial charge in [-0.2, -0.15) is 0 Å². The fraction of sp³-hybridized carbons (Fsp3) is 0. The van der Waals surface area contributed by atoms with Crippen LogP contribution >= 0.6 is 11.3 Å². The third kappa shape index (κ3) is 3.47. The highest BCUT2D eigenvalue weighted by atomic mass is 32.2. The molecule has 148 valence electrons. The first-order valence-corrected chi connectivity index (χ1v) is 11.3. The van der Waals surface area contributed by atoms with Gasteiger partial charge in [0.25, 0.3) is 10.0 Å². The second kappa shape index (κ2) is 7.08. The zero-order valence-corrected chi connectivity index (χ0v) is 17.0. The second-order valence-electron chi connectivity index (χ2n) is 6.63. The molecule has 8 heteroatoms. The number of nitrogens with zero attached hydrogens (tertiary/aromatic N) is 1. The molecule has 5 aromatic rings. The average Bonchev–Trinajstić information content (AvgIpc) is 3.17. The molecule has 0 bridgehead atoms. The molecule has 0 aliphatic carbocycles. The summed E-state index contributed by atoms with van der Waals surface area (Å²) in [5, 5.41) is 1.35. The monoisotopic (exact) mass is 434 g/mol. The fourth-order valence-electron chi connectivity index (χ4n) is 3.14. The molecule has 0 saturated heterocycles. The number of hydrogen-bond donors (Lipinski definition) is 1. The molecule has 2 heterocycles. The van der Waals surface area contributed by atoms with Crippen LogP contribution < -0.4 is 10.3 Å². The Balaban J connectivity index is 1.48. The van der Waals surface area contributed by atoms with Crippen LogP contribution in [0.4, 0.5) is 5.69 Å². The highest BCUT2D eigenvalue weighted by Crippen LogP contribution is 2.31. The maximum Gasteiger partial charge on any atom is 0.336 e. The quantitative estimate of drug-likeness (QED) is 0.408. The van der Waals surface area contributed by atoms with Crippen LogP contribution in [-0.2, 0) is 10.0 Å². The van der Waals surface area contributed by atoms with Crippen molar-refractivity contribution in [1.29, 1.82) is 0 Å². The van der Waals surface area contributed by atoms with Gasteiger partial charge in [0, 0.05) is 22.7 Å². The molecule has 0 saturated carbocycles. The summed E-state index contributed by atoms with van der Waals surface area (Å²) in [6.45, 7) is 0. The van der Waals surface area contributed by atoms with Gasteiger partial charge < -0.3 is 4.42 Å². The maximum absolute atomic E-state index is 12.9. The van der Waals surface area contributed by atoms with Gasteiger partial charge in [-0.15, -0.1) is 11.3 Å². The molecule has 5 rings (SSSR count). The summed E-state index contributed by atoms with van der Waals surface area (Å²) >= 11 is 1.55. The SMILES string of the molecule is O=c1ccc2cc(S(=O)(=O)Nc3cccc(-c4nc5ccccc5s4)c3)ccc2o1. The van der Waals surface area contributed by atoms with E-state index in [4.69, 9.17) is 4.42 Å². The number of benzene rings is 3. The zero-order valence-electron chi connectivity index (χ0n) is 15.4. The Morgan fingerprint density at radius 3 is 2.63 bits per heavy atom. The van der Waals surface area contributed by atoms with E-state index in [1.54, 1.807) is 29.5 Å². The first kappa shape index (κ1) is 18.5. The van der Waals surface area contributed by atoms with Crippen molar-refractivity contribution >= 4 is 48.2 Å². The van der Waals surface area contributed by atoms with Crippen LogP contribution in [0, 0.1) is 0 Å². The molecule has 0 atom stereocenters. The van der Waals surface area contributed by atoms with E-state index in [9.17, 15) is 13.2 Å². The van der Waals surface area contributed by atoms with Crippen LogP contribution in [0.5, 0.6) is 0 Å². The molecule has 3 aromatic carbocycles. The van der Waals surface area contributed by atoms with E-state index in [1.807, 2.05) is 30.3 Å². The molecule has 30 heavy (non-hydrogen) atoms. The molecular weight excluding hydrogens is 420 g/mol. The molecule has 0 aliphatic heterocycles. The van der Waals surface area contributed by atoms with E-state index < -0.39 is 15.6 Å². The first-order valence-electron chi connectivity index (χ1n) is 9.01. The lowest BCUT2D eigenvalue weighted by Gasteiger charge is -2.09. The second-order valence-corrected chi connectivity index (χ2v) is 9.34. The Morgan fingerprint density at radius 2 is 1.77 bits per heavy atom. The molecule has 0 aliphatic rings. The lowest BCUT2D eigenvalue weighted by Crippen LogP contribution is -2.13. The van der Waals surface area contributed by atoms with Crippen molar-refractivity contribution in [1.82, 2.24) is 4.98 Å². The van der Waals surface area contributed by atoms with Gasteiger partial charge >= 0.3 is 5.63 Å². The Hall–Kier alpha value is -3.49. The topological polar surface area (TPSA) is 89.3 Å². The van der Waals surface area contributed by atoms with Crippen molar-refractivity contribution in [2.75, 3.05) is 4.72 Å². The van der Waals surface area contributed by atoms with Gasteiger partial charge in [-0.05, 0) is 48.5 Å². The number of sulfonamides is 1. The first-order chi connectivity index (χ1) is 14.5. The van der Waals surface area contributed by atoms with Crippen LogP contribution in [0.2, 0.25) is 0 Å². The predicted molar refractivity (Wildman–Crippen MR) is 118 cm³/mol. The Labute approximate surface area is 175 Å². The number of rotatable bonds is 4. The zero-order chi connectivity index (χ0) is 20.7. The Bertz CT molecular complexity index is 1540. The van der Waals surface area contributed by atoms with E-state index >= 15 is 0 Å². The molecule has 2 aromatic heterocycles. The highest BCUT2D eigenvalue weighted by molar-refractivity contribution is 7.92. The molecule has 0 unspecified atom stereocenters. The third-order valence-electron chi connectivity index (χ3n) is 4.56. The van der Waals surface area contributed by atoms with Gasteiger partial charge in [0.05, 0.1) is 15.1 Å². The summed E-state index contributed by atoms with van der Waals surface area (Å²) in [6, 6.07) is 22.1. The van der Waals surface area contributed by atoms with E-state index in [0.29, 0.717) is 16.7 Å². The minimum atomic E-state index is -3.83. The number of nitrogens with one attached hydrogen (secondary N) is 1. The minimum Gasteiger partial charge on any atom is -0.423 e. The van der Waals surface area contributed by atoms with Gasteiger partial charge in [-0.3, -0.25) is 4.72 Å². The van der Waals surface area contributed by atoms with Crippen LogP contribution in [0.15, 0.2) is 93.0 Å². The summed E-state index contributed by atoms with van der Waals surface area (Å²) in [5.41, 5.74) is 2.02. The van der Waals surface area contributed by atoms with Crippen molar-refractivity contribution in [3.8, 4) is 10.6 Å². The predicted octanol–water partition coefficient (Wildman–Crippen LogP) is 4.87. The summed E-state index contributed by atoms with van der Waals surface area (Å²) in [5.74, 6) is 0. The molecule has 0 spiro atoms. The van der Waals surface area contributed by atoms with Crippen LogP contribution in [0.3, 0.4) is 0 Å². The van der Waals surface area contributed by atoms with Crippen molar-refractivity contribution in [3.05, 3.63) is 89.3 Å². The van der Waals surface area contributed by atoms with E-state index in [-0.39, 0.29) is 4.90 Å². The smallest absolute Gasteiger partial charge is 0.336 e. The van der Waals surface area contributed by atoms with Crippen molar-refractivity contribution in [3.63, 3.8) is 0 Å². The third-order valence-corrected chi connectivity index (χ3v) is 7.02. The Morgan fingerprint density at radius 1 is 0.900 bits per heavy atom. The Kier molecular flexibility index (Phi) is 4.38. The van der Waals surface area contributed by atoms with E-state index in [2.05, 4.69) is 9.71 Å². The lowest BCUT2D eigenvalue weighted by molar-refractivity contribution is 0.560. The van der Waals surface area contributed by atoms with E-state index in [1.165, 1.54) is 30.3 Å². The van der Waals surface area contributed by atoms with Gasteiger partial charge in [-0.25, -0.2) is 18.2 Å². The number of thiazole rings is 1. The number of hydrogen-bond acceptors (Lipinski definition) is 6. The molecule has 0 radical (unpaired) electrons. The molecule has 0 amide bonds. The van der Waals surface area contributed by atoms with Crippen LogP contribution in [0.1, 0.15) is 0 Å². The maximum atomic E-state index is 12.9. The van der Waals surface area contributed by atoms with Crippen LogP contribution in [-0.4, -0.2) is 13.4 Å². The number of para-hydroxylation sites is 1. The lowest BCUT2D eigenvalue weighted by atomic mass is 10.2. The molecule has 0 fully saturated rings. The molecule has 6 nitrogen and oxygen atoms in total. The van der Waals surface area contributed by atoms with Crippen molar-refractivity contribution < 1.29 is 12.8 Å².